The second-order valence-electron chi connectivity index (χ2n) is 8.38. The summed E-state index contributed by atoms with van der Waals surface area (Å²) in [5.41, 5.74) is -2.95. The van der Waals surface area contributed by atoms with E-state index in [4.69, 9.17) is 19.8 Å². The van der Waals surface area contributed by atoms with E-state index in [9.17, 15) is 29.4 Å². The molecule has 11 nitrogen and oxygen atoms in total. The molecule has 168 valence electrons. The summed E-state index contributed by atoms with van der Waals surface area (Å²) >= 11 is 0. The van der Waals surface area contributed by atoms with Gasteiger partial charge < -0.3 is 34.8 Å². The third-order valence-electron chi connectivity index (χ3n) is 4.51. The molecule has 0 saturated carbocycles. The number of nitrogens with one attached hydrogen (secondary N) is 1. The van der Waals surface area contributed by atoms with Crippen LogP contribution in [0.3, 0.4) is 0 Å². The number of hydroxylamine groups is 2. The third-order valence-corrected chi connectivity index (χ3v) is 4.51. The SMILES string of the molecule is CO[NH+]1C(C)(C)CC(OC(C)=O)CC1(C)C.O=C([O-])CC(O)(CC(=O)[O-])C(=O)O.[Na+]. The summed E-state index contributed by atoms with van der Waals surface area (Å²) in [4.78, 5) is 46.7. The van der Waals surface area contributed by atoms with E-state index in [-0.39, 0.29) is 52.7 Å². The van der Waals surface area contributed by atoms with Gasteiger partial charge in [0.15, 0.2) is 5.60 Å². The van der Waals surface area contributed by atoms with Crippen LogP contribution >= 0.6 is 0 Å². The number of carbonyl (C=O) groups is 4. The molecular weight excluding hydrogens is 413 g/mol. The topological polar surface area (TPSA) is 178 Å². The van der Waals surface area contributed by atoms with Crippen LogP contribution in [0.2, 0.25) is 0 Å². The molecule has 0 spiro atoms. The van der Waals surface area contributed by atoms with Crippen molar-refractivity contribution in [2.45, 2.75) is 83.1 Å². The Morgan fingerprint density at radius 2 is 1.40 bits per heavy atom. The van der Waals surface area contributed by atoms with Crippen LogP contribution in [0.4, 0.5) is 0 Å². The Bertz CT molecular complexity index is 600. The van der Waals surface area contributed by atoms with E-state index in [1.54, 1.807) is 7.11 Å². The molecular formula is C18H30NNaO10. The molecule has 1 aliphatic rings. The first-order chi connectivity index (χ1) is 13.0. The van der Waals surface area contributed by atoms with Crippen molar-refractivity contribution in [1.29, 1.82) is 0 Å². The Kier molecular flexibility index (Phi) is 12.3. The number of carboxylic acids is 3. The van der Waals surface area contributed by atoms with Crippen molar-refractivity contribution in [3.8, 4) is 0 Å². The first-order valence-electron chi connectivity index (χ1n) is 8.91. The fraction of sp³-hybridized carbons (Fsp3) is 0.778. The molecule has 3 N–H and O–H groups in total. The van der Waals surface area contributed by atoms with Crippen molar-refractivity contribution in [3.63, 3.8) is 0 Å². The fourth-order valence-electron chi connectivity index (χ4n) is 3.87. The van der Waals surface area contributed by atoms with Gasteiger partial charge in [-0.1, -0.05) is 0 Å². The van der Waals surface area contributed by atoms with Crippen molar-refractivity contribution >= 4 is 23.9 Å². The number of carboxylic acid groups (broad SMARTS) is 3. The molecule has 12 heteroatoms. The second-order valence-corrected chi connectivity index (χ2v) is 8.38. The van der Waals surface area contributed by atoms with Gasteiger partial charge in [-0.3, -0.25) is 4.79 Å². The second kappa shape index (κ2) is 12.0. The van der Waals surface area contributed by atoms with Crippen LogP contribution < -0.4 is 44.8 Å². The number of aliphatic carboxylic acids is 3. The quantitative estimate of drug-likeness (QED) is 0.253. The zero-order chi connectivity index (χ0) is 23.2. The molecule has 0 radical (unpaired) electrons. The fourth-order valence-corrected chi connectivity index (χ4v) is 3.87. The molecule has 1 fully saturated rings. The molecule has 1 rings (SSSR count). The van der Waals surface area contributed by atoms with Gasteiger partial charge in [0.1, 0.15) is 17.2 Å². The molecule has 0 aromatic heterocycles. The summed E-state index contributed by atoms with van der Waals surface area (Å²) in [6.07, 6.45) is -0.924. The smallest absolute Gasteiger partial charge is 0.550 e. The maximum Gasteiger partial charge on any atom is 1.00 e. The van der Waals surface area contributed by atoms with E-state index in [1.807, 2.05) is 0 Å². The standard InChI is InChI=1S/C12H23NO3.C6H8O7.Na/c1-9(14)16-10-7-11(2,3)13(15-6)12(4,5)8-10;7-3(8)1-6(13,5(11)12)2-4(9)10;/h10H,7-8H2,1-6H3;13H,1-2H2,(H,7,8)(H,9,10)(H,11,12);/q;;+1/p-1. The number of aliphatic hydroxyl groups is 1. The number of hydrogen-bond donors (Lipinski definition) is 3. The molecule has 1 heterocycles. The van der Waals surface area contributed by atoms with Crippen molar-refractivity contribution in [2.75, 3.05) is 7.11 Å². The van der Waals surface area contributed by atoms with Crippen molar-refractivity contribution in [1.82, 2.24) is 0 Å². The van der Waals surface area contributed by atoms with Gasteiger partial charge in [0.05, 0.1) is 7.11 Å². The monoisotopic (exact) mass is 443 g/mol. The Morgan fingerprint density at radius 1 is 1.03 bits per heavy atom. The molecule has 30 heavy (non-hydrogen) atoms. The van der Waals surface area contributed by atoms with E-state index in [0.717, 1.165) is 17.9 Å². The minimum Gasteiger partial charge on any atom is -0.550 e. The van der Waals surface area contributed by atoms with Gasteiger partial charge in [0, 0.05) is 44.5 Å². The normalized spacial score (nSPS) is 21.8. The van der Waals surface area contributed by atoms with Crippen LogP contribution in [0.5, 0.6) is 0 Å². The maximum atomic E-state index is 11.0. The van der Waals surface area contributed by atoms with Crippen molar-refractivity contribution < 1.29 is 83.8 Å². The van der Waals surface area contributed by atoms with E-state index in [2.05, 4.69) is 27.7 Å². The molecule has 1 aliphatic heterocycles. The van der Waals surface area contributed by atoms with Gasteiger partial charge in [-0.05, 0) is 27.7 Å². The summed E-state index contributed by atoms with van der Waals surface area (Å²) in [6.45, 7) is 10.0. The van der Waals surface area contributed by atoms with Gasteiger partial charge >= 0.3 is 41.5 Å². The summed E-state index contributed by atoms with van der Waals surface area (Å²) in [5, 5.41) is 38.3. The Morgan fingerprint density at radius 3 is 1.63 bits per heavy atom. The van der Waals surface area contributed by atoms with Crippen LogP contribution in [0.15, 0.2) is 0 Å². The van der Waals surface area contributed by atoms with Gasteiger partial charge in [0.2, 0.25) is 0 Å². The van der Waals surface area contributed by atoms with Gasteiger partial charge in [-0.15, -0.1) is 0 Å². The maximum absolute atomic E-state index is 11.0. The van der Waals surface area contributed by atoms with Crippen molar-refractivity contribution in [3.05, 3.63) is 0 Å². The molecule has 0 atom stereocenters. The largest absolute Gasteiger partial charge is 1.00 e. The summed E-state index contributed by atoms with van der Waals surface area (Å²) in [6, 6.07) is 0. The molecule has 0 aliphatic carbocycles. The number of hydrogen-bond acceptors (Lipinski definition) is 9. The Labute approximate surface area is 197 Å². The van der Waals surface area contributed by atoms with Crippen LogP contribution in [0.25, 0.3) is 0 Å². The predicted molar refractivity (Wildman–Crippen MR) is 92.8 cm³/mol. The minimum atomic E-state index is -2.86. The summed E-state index contributed by atoms with van der Waals surface area (Å²) in [5.74, 6) is -5.85. The molecule has 0 bridgehead atoms. The van der Waals surface area contributed by atoms with E-state index in [0.29, 0.717) is 0 Å². The van der Waals surface area contributed by atoms with Gasteiger partial charge in [-0.25, -0.2) is 9.63 Å². The first-order valence-corrected chi connectivity index (χ1v) is 8.91. The van der Waals surface area contributed by atoms with Crippen molar-refractivity contribution in [2.24, 2.45) is 0 Å². The Balaban J connectivity index is 0. The van der Waals surface area contributed by atoms with Gasteiger partial charge in [-0.2, -0.15) is 5.06 Å². The van der Waals surface area contributed by atoms with E-state index in [1.165, 1.54) is 6.92 Å². The number of piperidine rings is 1. The van der Waals surface area contributed by atoms with Gasteiger partial charge in [0.25, 0.3) is 0 Å². The predicted octanol–water partition coefficient (Wildman–Crippen LogP) is -6.20. The molecule has 0 amide bonds. The zero-order valence-corrected chi connectivity index (χ0v) is 20.6. The van der Waals surface area contributed by atoms with E-state index >= 15 is 0 Å². The molecule has 1 saturated heterocycles. The zero-order valence-electron chi connectivity index (χ0n) is 18.6. The number of ether oxygens (including phenoxy) is 1. The Hall–Kier alpha value is -1.24. The molecule has 0 unspecified atom stereocenters. The summed E-state index contributed by atoms with van der Waals surface area (Å²) < 4.78 is 5.35. The third kappa shape index (κ3) is 9.71. The van der Waals surface area contributed by atoms with Crippen LogP contribution in [-0.4, -0.2) is 64.0 Å². The first kappa shape index (κ1) is 30.9. The molecule has 0 aromatic carbocycles. The molecule has 0 aromatic rings. The summed E-state index contributed by atoms with van der Waals surface area (Å²) in [7, 11) is 1.73. The average Bonchev–Trinajstić information content (AvgIpc) is 2.42. The number of carbonyl (C=O) groups excluding carboxylic acids is 3. The number of quaternary nitrogens is 1. The minimum absolute atomic E-state index is 0. The average molecular weight is 443 g/mol. The van der Waals surface area contributed by atoms with E-state index < -0.39 is 36.4 Å². The number of esters is 1. The number of rotatable bonds is 7. The van der Waals surface area contributed by atoms with Crippen LogP contribution in [-0.2, 0) is 28.8 Å². The van der Waals surface area contributed by atoms with Crippen LogP contribution in [0.1, 0.15) is 60.3 Å². The van der Waals surface area contributed by atoms with Crippen LogP contribution in [0, 0.1) is 0 Å².